The molecule has 0 aliphatic heterocycles. The Labute approximate surface area is 115 Å². The van der Waals surface area contributed by atoms with Crippen LogP contribution in [0.15, 0.2) is 0 Å². The third-order valence-corrected chi connectivity index (χ3v) is 4.36. The van der Waals surface area contributed by atoms with Gasteiger partial charge in [0.05, 0.1) is 0 Å². The average molecular weight is 254 g/mol. The lowest BCUT2D eigenvalue weighted by Gasteiger charge is -2.37. The first-order valence-electron chi connectivity index (χ1n) is 7.97. The maximum absolute atomic E-state index is 3.73. The molecule has 1 aliphatic rings. The summed E-state index contributed by atoms with van der Waals surface area (Å²) in [6.07, 6.45) is 8.59. The quantitative estimate of drug-likeness (QED) is 0.699. The molecule has 0 unspecified atom stereocenters. The number of hydrogen-bond acceptors (Lipinski definition) is 2. The molecule has 0 spiro atoms. The van der Waals surface area contributed by atoms with Gasteiger partial charge in [0.15, 0.2) is 0 Å². The standard InChI is InChI=1S/C16H34N2/c1-5-18(4)14-16(13-17-12-15(2)3)10-8-6-7-9-11-16/h15,17H,5-14H2,1-4H3. The van der Waals surface area contributed by atoms with Crippen molar-refractivity contribution >= 4 is 0 Å². The fourth-order valence-corrected chi connectivity index (χ4v) is 3.18. The first kappa shape index (κ1) is 16.0. The van der Waals surface area contributed by atoms with Gasteiger partial charge in [-0.2, -0.15) is 0 Å². The van der Waals surface area contributed by atoms with Crippen LogP contribution in [-0.4, -0.2) is 38.1 Å². The molecule has 1 aliphatic carbocycles. The van der Waals surface area contributed by atoms with Gasteiger partial charge in [-0.05, 0) is 44.3 Å². The minimum atomic E-state index is 0.538. The molecule has 0 radical (unpaired) electrons. The summed E-state index contributed by atoms with van der Waals surface area (Å²) in [6.45, 7) is 11.7. The van der Waals surface area contributed by atoms with Crippen molar-refractivity contribution in [3.8, 4) is 0 Å². The molecule has 0 heterocycles. The summed E-state index contributed by atoms with van der Waals surface area (Å²) in [7, 11) is 2.27. The molecule has 0 amide bonds. The van der Waals surface area contributed by atoms with E-state index in [4.69, 9.17) is 0 Å². The molecule has 0 aromatic carbocycles. The molecule has 1 rings (SSSR count). The summed E-state index contributed by atoms with van der Waals surface area (Å²) in [5.41, 5.74) is 0.538. The van der Waals surface area contributed by atoms with E-state index in [1.807, 2.05) is 0 Å². The van der Waals surface area contributed by atoms with E-state index >= 15 is 0 Å². The van der Waals surface area contributed by atoms with Crippen molar-refractivity contribution in [3.63, 3.8) is 0 Å². The fraction of sp³-hybridized carbons (Fsp3) is 1.00. The van der Waals surface area contributed by atoms with Crippen molar-refractivity contribution in [1.29, 1.82) is 0 Å². The summed E-state index contributed by atoms with van der Waals surface area (Å²) < 4.78 is 0. The van der Waals surface area contributed by atoms with Gasteiger partial charge in [0.1, 0.15) is 0 Å². The van der Waals surface area contributed by atoms with E-state index in [1.165, 1.54) is 58.2 Å². The maximum Gasteiger partial charge on any atom is 0.00470 e. The Morgan fingerprint density at radius 3 is 2.22 bits per heavy atom. The highest BCUT2D eigenvalue weighted by Crippen LogP contribution is 2.35. The fourth-order valence-electron chi connectivity index (χ4n) is 3.18. The molecular weight excluding hydrogens is 220 g/mol. The predicted octanol–water partition coefficient (Wildman–Crippen LogP) is 3.52. The van der Waals surface area contributed by atoms with Gasteiger partial charge in [-0.25, -0.2) is 0 Å². The van der Waals surface area contributed by atoms with Crippen LogP contribution in [0, 0.1) is 11.3 Å². The molecule has 1 N–H and O–H groups in total. The van der Waals surface area contributed by atoms with Gasteiger partial charge in [-0.1, -0.05) is 46.5 Å². The van der Waals surface area contributed by atoms with Crippen LogP contribution >= 0.6 is 0 Å². The number of rotatable bonds is 7. The lowest BCUT2D eigenvalue weighted by Crippen LogP contribution is -2.43. The second kappa shape index (κ2) is 8.16. The van der Waals surface area contributed by atoms with Crippen LogP contribution in [0.2, 0.25) is 0 Å². The van der Waals surface area contributed by atoms with Gasteiger partial charge < -0.3 is 10.2 Å². The number of nitrogens with one attached hydrogen (secondary N) is 1. The van der Waals surface area contributed by atoms with Crippen LogP contribution in [-0.2, 0) is 0 Å². The van der Waals surface area contributed by atoms with Gasteiger partial charge in [0, 0.05) is 13.1 Å². The number of nitrogens with zero attached hydrogens (tertiary/aromatic N) is 1. The van der Waals surface area contributed by atoms with Crippen LogP contribution in [0.25, 0.3) is 0 Å². The van der Waals surface area contributed by atoms with E-state index < -0.39 is 0 Å². The third kappa shape index (κ3) is 5.71. The van der Waals surface area contributed by atoms with Gasteiger partial charge in [0.25, 0.3) is 0 Å². The minimum absolute atomic E-state index is 0.538. The summed E-state index contributed by atoms with van der Waals surface area (Å²) in [6, 6.07) is 0. The molecule has 0 aromatic rings. The zero-order valence-electron chi connectivity index (χ0n) is 13.1. The highest BCUT2D eigenvalue weighted by atomic mass is 15.1. The van der Waals surface area contributed by atoms with Crippen molar-refractivity contribution in [3.05, 3.63) is 0 Å². The molecule has 1 saturated carbocycles. The van der Waals surface area contributed by atoms with Gasteiger partial charge in [-0.3, -0.25) is 0 Å². The third-order valence-electron chi connectivity index (χ3n) is 4.36. The van der Waals surface area contributed by atoms with Crippen molar-refractivity contribution in [2.75, 3.05) is 33.2 Å². The summed E-state index contributed by atoms with van der Waals surface area (Å²) in [5, 5.41) is 3.73. The Bertz CT molecular complexity index is 205. The second-order valence-electron chi connectivity index (χ2n) is 6.77. The van der Waals surface area contributed by atoms with Crippen LogP contribution in [0.1, 0.15) is 59.3 Å². The monoisotopic (exact) mass is 254 g/mol. The molecular formula is C16H34N2. The first-order valence-corrected chi connectivity index (χ1v) is 7.97. The highest BCUT2D eigenvalue weighted by Gasteiger charge is 2.31. The summed E-state index contributed by atoms with van der Waals surface area (Å²) in [5.74, 6) is 0.761. The predicted molar refractivity (Wildman–Crippen MR) is 81.0 cm³/mol. The first-order chi connectivity index (χ1) is 8.58. The second-order valence-corrected chi connectivity index (χ2v) is 6.77. The largest absolute Gasteiger partial charge is 0.316 e. The molecule has 2 heteroatoms. The maximum atomic E-state index is 3.73. The molecule has 1 fully saturated rings. The lowest BCUT2D eigenvalue weighted by atomic mass is 9.79. The highest BCUT2D eigenvalue weighted by molar-refractivity contribution is 4.86. The van der Waals surface area contributed by atoms with Crippen LogP contribution in [0.4, 0.5) is 0 Å². The zero-order valence-corrected chi connectivity index (χ0v) is 13.1. The average Bonchev–Trinajstić information content (AvgIpc) is 2.54. The molecule has 0 aromatic heterocycles. The zero-order chi connectivity index (χ0) is 13.4. The molecule has 0 atom stereocenters. The normalized spacial score (nSPS) is 20.3. The SMILES string of the molecule is CCN(C)CC1(CNCC(C)C)CCCCCC1. The van der Waals surface area contributed by atoms with Crippen molar-refractivity contribution < 1.29 is 0 Å². The summed E-state index contributed by atoms with van der Waals surface area (Å²) >= 11 is 0. The van der Waals surface area contributed by atoms with E-state index in [0.29, 0.717) is 5.41 Å². The Morgan fingerprint density at radius 1 is 1.11 bits per heavy atom. The minimum Gasteiger partial charge on any atom is -0.316 e. The van der Waals surface area contributed by atoms with E-state index in [2.05, 4.69) is 38.0 Å². The van der Waals surface area contributed by atoms with Gasteiger partial charge in [0.2, 0.25) is 0 Å². The molecule has 0 saturated heterocycles. The molecule has 18 heavy (non-hydrogen) atoms. The van der Waals surface area contributed by atoms with Gasteiger partial charge in [-0.15, -0.1) is 0 Å². The van der Waals surface area contributed by atoms with Crippen LogP contribution in [0.5, 0.6) is 0 Å². The topological polar surface area (TPSA) is 15.3 Å². The van der Waals surface area contributed by atoms with Crippen molar-refractivity contribution in [2.45, 2.75) is 59.3 Å². The molecule has 2 nitrogen and oxygen atoms in total. The van der Waals surface area contributed by atoms with Crippen molar-refractivity contribution in [2.24, 2.45) is 11.3 Å². The molecule has 0 bridgehead atoms. The van der Waals surface area contributed by atoms with Crippen molar-refractivity contribution in [1.82, 2.24) is 10.2 Å². The Kier molecular flexibility index (Phi) is 7.25. The van der Waals surface area contributed by atoms with E-state index in [0.717, 1.165) is 12.5 Å². The number of hydrogen-bond donors (Lipinski definition) is 1. The Hall–Kier alpha value is -0.0800. The Morgan fingerprint density at radius 2 is 1.72 bits per heavy atom. The van der Waals surface area contributed by atoms with E-state index in [9.17, 15) is 0 Å². The Balaban J connectivity index is 2.54. The summed E-state index contributed by atoms with van der Waals surface area (Å²) in [4.78, 5) is 2.50. The van der Waals surface area contributed by atoms with Gasteiger partial charge >= 0.3 is 0 Å². The molecule has 108 valence electrons. The van der Waals surface area contributed by atoms with Crippen LogP contribution < -0.4 is 5.32 Å². The van der Waals surface area contributed by atoms with E-state index in [-0.39, 0.29) is 0 Å². The smallest absolute Gasteiger partial charge is 0.00470 e. The lowest BCUT2D eigenvalue weighted by molar-refractivity contribution is 0.149. The van der Waals surface area contributed by atoms with E-state index in [1.54, 1.807) is 0 Å². The van der Waals surface area contributed by atoms with Crippen LogP contribution in [0.3, 0.4) is 0 Å².